The van der Waals surface area contributed by atoms with Crippen LogP contribution in [0.3, 0.4) is 0 Å². The van der Waals surface area contributed by atoms with Crippen LogP contribution in [-0.2, 0) is 17.9 Å². The van der Waals surface area contributed by atoms with E-state index in [1.807, 2.05) is 42.5 Å². The summed E-state index contributed by atoms with van der Waals surface area (Å²) in [4.78, 5) is 15.1. The molecular formula is C26H30N2O2. The Hall–Kier alpha value is -2.85. The van der Waals surface area contributed by atoms with Crippen LogP contribution < -0.4 is 10.1 Å². The number of amides is 1. The zero-order valence-electron chi connectivity index (χ0n) is 17.6. The van der Waals surface area contributed by atoms with Gasteiger partial charge in [-0.3, -0.25) is 9.69 Å². The van der Waals surface area contributed by atoms with Gasteiger partial charge in [0.25, 0.3) is 5.91 Å². The van der Waals surface area contributed by atoms with E-state index >= 15 is 0 Å². The third-order valence-electron chi connectivity index (χ3n) is 5.74. The third kappa shape index (κ3) is 5.19. The Kier molecular flexibility index (Phi) is 6.65. The van der Waals surface area contributed by atoms with Gasteiger partial charge < -0.3 is 10.1 Å². The molecule has 30 heavy (non-hydrogen) atoms. The molecule has 4 heteroatoms. The molecule has 0 aliphatic carbocycles. The van der Waals surface area contributed by atoms with Crippen molar-refractivity contribution in [3.63, 3.8) is 0 Å². The van der Waals surface area contributed by atoms with E-state index in [4.69, 9.17) is 4.74 Å². The minimum Gasteiger partial charge on any atom is -0.480 e. The monoisotopic (exact) mass is 402 g/mol. The lowest BCUT2D eigenvalue weighted by Crippen LogP contribution is -2.36. The van der Waals surface area contributed by atoms with Gasteiger partial charge in [0.15, 0.2) is 6.10 Å². The van der Waals surface area contributed by atoms with E-state index in [1.165, 1.54) is 37.9 Å². The first-order valence-electron chi connectivity index (χ1n) is 10.9. The van der Waals surface area contributed by atoms with E-state index < -0.39 is 6.10 Å². The zero-order chi connectivity index (χ0) is 20.8. The number of likely N-dealkylation sites (tertiary alicyclic amines) is 1. The Morgan fingerprint density at radius 2 is 1.70 bits per heavy atom. The molecule has 0 bridgehead atoms. The normalized spacial score (nSPS) is 15.6. The van der Waals surface area contributed by atoms with Crippen molar-refractivity contribution in [2.75, 3.05) is 13.1 Å². The van der Waals surface area contributed by atoms with Crippen molar-refractivity contribution in [2.45, 2.75) is 45.4 Å². The highest BCUT2D eigenvalue weighted by molar-refractivity contribution is 5.89. The maximum absolute atomic E-state index is 12.6. The highest BCUT2D eigenvalue weighted by Gasteiger charge is 2.16. The standard InChI is InChI=1S/C26H30N2O2/c1-20(30-25-14-8-12-23-11-3-4-13-24(23)25)26(29)27-18-21-9-7-10-22(17-21)19-28-15-5-2-6-16-28/h3-4,7-14,17,20H,2,5-6,15-16,18-19H2,1H3,(H,27,29)/t20-/m0/s1. The number of carbonyl (C=O) groups is 1. The second kappa shape index (κ2) is 9.77. The fourth-order valence-electron chi connectivity index (χ4n) is 4.09. The average molecular weight is 403 g/mol. The van der Waals surface area contributed by atoms with Gasteiger partial charge in [-0.15, -0.1) is 0 Å². The van der Waals surface area contributed by atoms with Crippen LogP contribution >= 0.6 is 0 Å². The van der Waals surface area contributed by atoms with Crippen LogP contribution in [0.25, 0.3) is 10.8 Å². The second-order valence-electron chi connectivity index (χ2n) is 8.11. The van der Waals surface area contributed by atoms with Crippen molar-refractivity contribution >= 4 is 16.7 Å². The topological polar surface area (TPSA) is 41.6 Å². The predicted molar refractivity (Wildman–Crippen MR) is 121 cm³/mol. The molecule has 0 radical (unpaired) electrons. The van der Waals surface area contributed by atoms with Crippen LogP contribution in [0, 0.1) is 0 Å². The van der Waals surface area contributed by atoms with Crippen molar-refractivity contribution in [3.05, 3.63) is 77.9 Å². The Balaban J connectivity index is 1.33. The number of rotatable bonds is 7. The van der Waals surface area contributed by atoms with E-state index in [2.05, 4.69) is 34.5 Å². The molecule has 1 aliphatic rings. The fraction of sp³-hybridized carbons (Fsp3) is 0.346. The van der Waals surface area contributed by atoms with Crippen molar-refractivity contribution in [1.29, 1.82) is 0 Å². The Morgan fingerprint density at radius 1 is 0.967 bits per heavy atom. The minimum atomic E-state index is -0.563. The van der Waals surface area contributed by atoms with Gasteiger partial charge in [-0.1, -0.05) is 67.1 Å². The van der Waals surface area contributed by atoms with Gasteiger partial charge in [-0.25, -0.2) is 0 Å². The van der Waals surface area contributed by atoms with Crippen LogP contribution in [0.15, 0.2) is 66.7 Å². The summed E-state index contributed by atoms with van der Waals surface area (Å²) in [6.07, 6.45) is 3.38. The van der Waals surface area contributed by atoms with Gasteiger partial charge in [0.05, 0.1) is 0 Å². The number of fused-ring (bicyclic) bond motifs is 1. The predicted octanol–water partition coefficient (Wildman–Crippen LogP) is 4.91. The molecule has 0 spiro atoms. The van der Waals surface area contributed by atoms with Crippen molar-refractivity contribution in [2.24, 2.45) is 0 Å². The van der Waals surface area contributed by atoms with E-state index in [-0.39, 0.29) is 5.91 Å². The van der Waals surface area contributed by atoms with E-state index in [1.54, 1.807) is 6.92 Å². The molecule has 4 rings (SSSR count). The smallest absolute Gasteiger partial charge is 0.261 e. The minimum absolute atomic E-state index is 0.107. The highest BCUT2D eigenvalue weighted by Crippen LogP contribution is 2.26. The Bertz CT molecular complexity index is 990. The summed E-state index contributed by atoms with van der Waals surface area (Å²) >= 11 is 0. The van der Waals surface area contributed by atoms with Gasteiger partial charge in [0.2, 0.25) is 0 Å². The van der Waals surface area contributed by atoms with Crippen LogP contribution in [0.1, 0.15) is 37.3 Å². The molecule has 4 nitrogen and oxygen atoms in total. The summed E-state index contributed by atoms with van der Waals surface area (Å²) in [6, 6.07) is 22.5. The van der Waals surface area contributed by atoms with Gasteiger partial charge in [-0.2, -0.15) is 0 Å². The van der Waals surface area contributed by atoms with Gasteiger partial charge in [0, 0.05) is 18.5 Å². The molecule has 0 aromatic heterocycles. The molecule has 0 saturated carbocycles. The van der Waals surface area contributed by atoms with Gasteiger partial charge in [0.1, 0.15) is 5.75 Å². The van der Waals surface area contributed by atoms with Crippen LogP contribution in [0.5, 0.6) is 5.75 Å². The molecule has 1 heterocycles. The summed E-state index contributed by atoms with van der Waals surface area (Å²) in [7, 11) is 0. The van der Waals surface area contributed by atoms with E-state index in [0.29, 0.717) is 6.54 Å². The van der Waals surface area contributed by atoms with E-state index in [9.17, 15) is 4.79 Å². The molecule has 1 saturated heterocycles. The lowest BCUT2D eigenvalue weighted by Gasteiger charge is -2.26. The first kappa shape index (κ1) is 20.4. The van der Waals surface area contributed by atoms with Gasteiger partial charge in [-0.05, 0) is 55.4 Å². The van der Waals surface area contributed by atoms with Crippen LogP contribution in [0.4, 0.5) is 0 Å². The summed E-state index contributed by atoms with van der Waals surface area (Å²) in [5.74, 6) is 0.628. The summed E-state index contributed by atoms with van der Waals surface area (Å²) < 4.78 is 5.98. The summed E-state index contributed by atoms with van der Waals surface area (Å²) in [6.45, 7) is 5.66. The highest BCUT2D eigenvalue weighted by atomic mass is 16.5. The van der Waals surface area contributed by atoms with Crippen molar-refractivity contribution in [3.8, 4) is 5.75 Å². The fourth-order valence-corrected chi connectivity index (χ4v) is 4.09. The Labute approximate surface area is 178 Å². The summed E-state index contributed by atoms with van der Waals surface area (Å²) in [5.41, 5.74) is 2.43. The number of nitrogens with one attached hydrogen (secondary N) is 1. The SMILES string of the molecule is C[C@H](Oc1cccc2ccccc12)C(=O)NCc1cccc(CN2CCCCC2)c1. The maximum atomic E-state index is 12.6. The van der Waals surface area contributed by atoms with E-state index in [0.717, 1.165) is 28.6 Å². The lowest BCUT2D eigenvalue weighted by atomic mass is 10.1. The molecule has 1 fully saturated rings. The number of hydrogen-bond acceptors (Lipinski definition) is 3. The number of nitrogens with zero attached hydrogens (tertiary/aromatic N) is 1. The number of piperidine rings is 1. The molecular weight excluding hydrogens is 372 g/mol. The number of carbonyl (C=O) groups excluding carboxylic acids is 1. The third-order valence-corrected chi connectivity index (χ3v) is 5.74. The molecule has 156 valence electrons. The molecule has 3 aromatic rings. The molecule has 0 unspecified atom stereocenters. The maximum Gasteiger partial charge on any atom is 0.261 e. The van der Waals surface area contributed by atoms with Crippen LogP contribution in [-0.4, -0.2) is 30.0 Å². The number of benzene rings is 3. The Morgan fingerprint density at radius 3 is 2.57 bits per heavy atom. The lowest BCUT2D eigenvalue weighted by molar-refractivity contribution is -0.127. The molecule has 3 aromatic carbocycles. The molecule has 1 atom stereocenters. The van der Waals surface area contributed by atoms with Gasteiger partial charge >= 0.3 is 0 Å². The zero-order valence-corrected chi connectivity index (χ0v) is 17.6. The number of ether oxygens (including phenoxy) is 1. The van der Waals surface area contributed by atoms with Crippen molar-refractivity contribution < 1.29 is 9.53 Å². The molecule has 1 amide bonds. The van der Waals surface area contributed by atoms with Crippen LogP contribution in [0.2, 0.25) is 0 Å². The average Bonchev–Trinajstić information content (AvgIpc) is 2.78. The second-order valence-corrected chi connectivity index (χ2v) is 8.11. The molecule has 1 N–H and O–H groups in total. The first-order valence-corrected chi connectivity index (χ1v) is 10.9. The number of hydrogen-bond donors (Lipinski definition) is 1. The summed E-state index contributed by atoms with van der Waals surface area (Å²) in [5, 5.41) is 5.14. The van der Waals surface area contributed by atoms with Crippen molar-refractivity contribution in [1.82, 2.24) is 10.2 Å². The quantitative estimate of drug-likeness (QED) is 0.611. The first-order chi connectivity index (χ1) is 14.7. The largest absolute Gasteiger partial charge is 0.480 e. The molecule has 1 aliphatic heterocycles.